The van der Waals surface area contributed by atoms with Gasteiger partial charge in [0.2, 0.25) is 0 Å². The molecule has 0 bridgehead atoms. The van der Waals surface area contributed by atoms with Crippen molar-refractivity contribution in [3.05, 3.63) is 72.0 Å². The molecule has 175 valence electrons. The van der Waals surface area contributed by atoms with Crippen molar-refractivity contribution < 1.29 is 38.3 Å². The minimum atomic E-state index is -0.514. The van der Waals surface area contributed by atoms with Crippen LogP contribution < -0.4 is 4.74 Å². The molecular formula is C25H24BO8. The normalized spacial score (nSPS) is 23.7. The van der Waals surface area contributed by atoms with Gasteiger partial charge in [0.1, 0.15) is 18.0 Å². The first kappa shape index (κ1) is 23.8. The number of hydrogen-bond donors (Lipinski definition) is 1. The molecule has 1 radical (unpaired) electrons. The molecule has 2 fully saturated rings. The summed E-state index contributed by atoms with van der Waals surface area (Å²) in [7, 11) is 5.22. The Morgan fingerprint density at radius 1 is 0.971 bits per heavy atom. The number of carbonyl (C=O) groups excluding carboxylic acids is 1. The van der Waals surface area contributed by atoms with Gasteiger partial charge in [0.25, 0.3) is 0 Å². The molecule has 2 aromatic rings. The Morgan fingerprint density at radius 3 is 2.35 bits per heavy atom. The number of phenolic OH excluding ortho intramolecular Hbond substituents is 1. The summed E-state index contributed by atoms with van der Waals surface area (Å²) in [6, 6.07) is 13.8. The number of ether oxygens (including phenoxy) is 6. The van der Waals surface area contributed by atoms with Gasteiger partial charge in [0, 0.05) is 6.08 Å². The van der Waals surface area contributed by atoms with Gasteiger partial charge in [-0.05, 0) is 23.8 Å². The van der Waals surface area contributed by atoms with Crippen molar-refractivity contribution in [2.45, 2.75) is 24.4 Å². The third kappa shape index (κ3) is 6.35. The van der Waals surface area contributed by atoms with Crippen LogP contribution in [0.2, 0.25) is 0 Å². The molecule has 2 unspecified atom stereocenters. The summed E-state index contributed by atoms with van der Waals surface area (Å²) in [4.78, 5) is 12.2. The summed E-state index contributed by atoms with van der Waals surface area (Å²) in [6.07, 6.45) is 5.84. The average Bonchev–Trinajstić information content (AvgIpc) is 3.43. The molecule has 2 aliphatic heterocycles. The summed E-state index contributed by atoms with van der Waals surface area (Å²) in [5, 5.41) is 9.31. The van der Waals surface area contributed by atoms with Crippen LogP contribution in [0, 0.1) is 0 Å². The molecule has 1 N–H and O–H groups in total. The molecule has 4 atom stereocenters. The van der Waals surface area contributed by atoms with Crippen LogP contribution in [0.15, 0.2) is 60.9 Å². The molecule has 2 saturated heterocycles. The SMILES string of the molecule is [B]=COc1ccc(/C=C/OCO[C@@H]2COC3C2OC[C@H]3OC(=O)/C=C/c2ccc(O)cc2)cc1. The molecule has 4 rings (SSSR count). The summed E-state index contributed by atoms with van der Waals surface area (Å²) in [6.45, 7) is 0.579. The van der Waals surface area contributed by atoms with Crippen molar-refractivity contribution in [2.75, 3.05) is 20.0 Å². The fraction of sp³-hybridized carbons (Fsp3) is 0.280. The van der Waals surface area contributed by atoms with Crippen LogP contribution in [-0.4, -0.2) is 69.1 Å². The second kappa shape index (κ2) is 11.6. The summed E-state index contributed by atoms with van der Waals surface area (Å²) < 4.78 is 33.2. The fourth-order valence-electron chi connectivity index (χ4n) is 3.64. The van der Waals surface area contributed by atoms with Crippen LogP contribution in [0.3, 0.4) is 0 Å². The van der Waals surface area contributed by atoms with Gasteiger partial charge in [0.15, 0.2) is 6.10 Å². The molecule has 0 aliphatic carbocycles. The van der Waals surface area contributed by atoms with Crippen LogP contribution in [-0.2, 0) is 28.5 Å². The zero-order valence-corrected chi connectivity index (χ0v) is 18.3. The maximum atomic E-state index is 12.2. The Labute approximate surface area is 198 Å². The Hall–Kier alpha value is -3.40. The van der Waals surface area contributed by atoms with Crippen LogP contribution in [0.25, 0.3) is 12.2 Å². The number of benzene rings is 2. The molecule has 0 aromatic heterocycles. The second-order valence-corrected chi connectivity index (χ2v) is 7.61. The summed E-state index contributed by atoms with van der Waals surface area (Å²) in [5.41, 5.74) is 1.70. The number of esters is 1. The average molecular weight is 463 g/mol. The quantitative estimate of drug-likeness (QED) is 0.144. The number of rotatable bonds is 10. The molecular weight excluding hydrogens is 439 g/mol. The molecule has 8 nitrogen and oxygen atoms in total. The van der Waals surface area contributed by atoms with Crippen molar-refractivity contribution >= 4 is 31.8 Å². The zero-order chi connectivity index (χ0) is 23.8. The second-order valence-electron chi connectivity index (χ2n) is 7.61. The van der Waals surface area contributed by atoms with E-state index in [1.54, 1.807) is 54.8 Å². The van der Waals surface area contributed by atoms with Gasteiger partial charge >= 0.3 is 94.6 Å². The van der Waals surface area contributed by atoms with E-state index in [2.05, 4.69) is 0 Å². The van der Waals surface area contributed by atoms with E-state index in [9.17, 15) is 9.90 Å². The first-order valence-corrected chi connectivity index (χ1v) is 10.7. The molecule has 2 aliphatic rings. The van der Waals surface area contributed by atoms with Gasteiger partial charge in [-0.15, -0.1) is 0 Å². The maximum absolute atomic E-state index is 12.2. The number of carbonyl (C=O) groups is 1. The molecule has 2 aromatic carbocycles. The van der Waals surface area contributed by atoms with E-state index in [0.29, 0.717) is 12.4 Å². The molecule has 2 heterocycles. The fourth-order valence-corrected chi connectivity index (χ4v) is 3.64. The predicted molar refractivity (Wildman–Crippen MR) is 125 cm³/mol. The first-order chi connectivity index (χ1) is 16.6. The van der Waals surface area contributed by atoms with Gasteiger partial charge < -0.3 is 19.3 Å². The molecule has 0 saturated carbocycles. The van der Waals surface area contributed by atoms with Gasteiger partial charge in [-0.25, -0.2) is 4.79 Å². The Morgan fingerprint density at radius 2 is 1.62 bits per heavy atom. The van der Waals surface area contributed by atoms with Crippen molar-refractivity contribution in [3.63, 3.8) is 0 Å². The van der Waals surface area contributed by atoms with Gasteiger partial charge in [-0.2, -0.15) is 0 Å². The van der Waals surface area contributed by atoms with E-state index in [-0.39, 0.29) is 31.4 Å². The van der Waals surface area contributed by atoms with Crippen molar-refractivity contribution in [1.82, 2.24) is 0 Å². The Balaban J connectivity index is 1.18. The third-order valence-electron chi connectivity index (χ3n) is 5.33. The minimum absolute atomic E-state index is 0.0280. The Kier molecular flexibility index (Phi) is 8.14. The first-order valence-electron chi connectivity index (χ1n) is 10.7. The van der Waals surface area contributed by atoms with Crippen LogP contribution in [0.4, 0.5) is 0 Å². The molecule has 9 heteroatoms. The van der Waals surface area contributed by atoms with Gasteiger partial charge in [-0.3, -0.25) is 0 Å². The van der Waals surface area contributed by atoms with E-state index in [4.69, 9.17) is 35.9 Å². The monoisotopic (exact) mass is 463 g/mol. The number of phenols is 1. The Bertz CT molecular complexity index is 1020. The van der Waals surface area contributed by atoms with E-state index in [1.807, 2.05) is 12.1 Å². The number of fused-ring (bicyclic) bond motifs is 1. The summed E-state index contributed by atoms with van der Waals surface area (Å²) >= 11 is 0. The van der Waals surface area contributed by atoms with Crippen molar-refractivity contribution in [1.29, 1.82) is 0 Å². The van der Waals surface area contributed by atoms with E-state index < -0.39 is 18.2 Å². The number of hydrogen-bond acceptors (Lipinski definition) is 8. The molecule has 0 amide bonds. The van der Waals surface area contributed by atoms with Crippen LogP contribution in [0.1, 0.15) is 11.1 Å². The summed E-state index contributed by atoms with van der Waals surface area (Å²) in [5.74, 6) is 0.312. The van der Waals surface area contributed by atoms with Crippen LogP contribution >= 0.6 is 0 Å². The zero-order valence-electron chi connectivity index (χ0n) is 18.3. The van der Waals surface area contributed by atoms with Gasteiger partial charge in [-0.1, -0.05) is 12.1 Å². The van der Waals surface area contributed by atoms with E-state index >= 15 is 0 Å². The van der Waals surface area contributed by atoms with Crippen LogP contribution in [0.5, 0.6) is 11.5 Å². The standard InChI is InChI=1S/C25H24BO8/c26-15-32-20-8-3-18(4-9-20)11-12-29-16-33-21-13-30-25-22(14-31-24(21)25)34-23(28)10-5-17-1-6-19(27)7-2-17/h1-12,15,21-22,24-25,27H,13-14,16H2/b10-5+,12-11+/t21-,22-,24?,25?/m1/s1. The predicted octanol–water partition coefficient (Wildman–Crippen LogP) is 2.45. The third-order valence-corrected chi connectivity index (χ3v) is 5.33. The van der Waals surface area contributed by atoms with Gasteiger partial charge in [0.05, 0.1) is 13.2 Å². The topological polar surface area (TPSA) is 92.7 Å². The number of aromatic hydroxyl groups is 1. The van der Waals surface area contributed by atoms with E-state index in [1.165, 1.54) is 6.08 Å². The van der Waals surface area contributed by atoms with Crippen molar-refractivity contribution in [3.8, 4) is 11.5 Å². The van der Waals surface area contributed by atoms with E-state index in [0.717, 1.165) is 17.3 Å². The molecule has 34 heavy (non-hydrogen) atoms. The molecule has 0 spiro atoms. The van der Waals surface area contributed by atoms with Crippen molar-refractivity contribution in [2.24, 2.45) is 0 Å².